The van der Waals surface area contributed by atoms with E-state index in [-0.39, 0.29) is 0 Å². The molecule has 1 unspecified atom stereocenters. The molecular formula is C13H21NOS. The fraction of sp³-hybridized carbons (Fsp3) is 0.462. The molecule has 16 heavy (non-hydrogen) atoms. The Hall–Kier alpha value is -0.960. The number of carbonyl (C=O) groups excluding carboxylic acids is 1. The van der Waals surface area contributed by atoms with E-state index in [0.717, 1.165) is 25.1 Å². The summed E-state index contributed by atoms with van der Waals surface area (Å²) in [4.78, 5) is 11.3. The Kier molecular flexibility index (Phi) is 9.92. The molecule has 0 aliphatic heterocycles. The molecule has 1 atom stereocenters. The molecule has 0 aliphatic rings. The highest BCUT2D eigenvalue weighted by Crippen LogP contribution is 2.17. The van der Waals surface area contributed by atoms with Crippen LogP contribution in [0.3, 0.4) is 0 Å². The number of rotatable bonds is 9. The van der Waals surface area contributed by atoms with Crippen molar-refractivity contribution in [2.45, 2.75) is 20.3 Å². The van der Waals surface area contributed by atoms with E-state index in [2.05, 4.69) is 37.9 Å². The normalized spacial score (nSPS) is 13.8. The van der Waals surface area contributed by atoms with E-state index in [1.807, 2.05) is 6.08 Å². The van der Waals surface area contributed by atoms with Crippen LogP contribution in [0.5, 0.6) is 0 Å². The predicted molar refractivity (Wildman–Crippen MR) is 73.4 cm³/mol. The van der Waals surface area contributed by atoms with Gasteiger partial charge in [0, 0.05) is 11.4 Å². The van der Waals surface area contributed by atoms with Gasteiger partial charge in [-0.15, -0.1) is 11.8 Å². The second-order valence-corrected chi connectivity index (χ2v) is 4.84. The zero-order chi connectivity index (χ0) is 12.2. The summed E-state index contributed by atoms with van der Waals surface area (Å²) >= 11 is 1.80. The fourth-order valence-corrected chi connectivity index (χ4v) is 1.90. The minimum absolute atomic E-state index is 0.470. The molecule has 0 saturated carbocycles. The highest BCUT2D eigenvalue weighted by atomic mass is 32.2. The molecule has 0 bridgehead atoms. The largest absolute Gasteiger partial charge is 0.358 e. The van der Waals surface area contributed by atoms with E-state index in [1.165, 1.54) is 4.91 Å². The molecule has 0 aliphatic carbocycles. The molecule has 1 N–H and O–H groups in total. The van der Waals surface area contributed by atoms with Crippen molar-refractivity contribution >= 4 is 18.2 Å². The van der Waals surface area contributed by atoms with Crippen LogP contribution in [0, 0.1) is 5.92 Å². The van der Waals surface area contributed by atoms with Crippen molar-refractivity contribution in [3.63, 3.8) is 0 Å². The number of hydrogen-bond donors (Lipinski definition) is 1. The average molecular weight is 239 g/mol. The molecule has 0 fully saturated rings. The lowest BCUT2D eigenvalue weighted by Gasteiger charge is -2.06. The zero-order valence-electron chi connectivity index (χ0n) is 10.1. The van der Waals surface area contributed by atoms with Gasteiger partial charge in [0.25, 0.3) is 0 Å². The third kappa shape index (κ3) is 8.36. The van der Waals surface area contributed by atoms with Crippen LogP contribution in [-0.2, 0) is 4.79 Å². The van der Waals surface area contributed by atoms with E-state index in [0.29, 0.717) is 5.92 Å². The third-order valence-corrected chi connectivity index (χ3v) is 2.86. The van der Waals surface area contributed by atoms with E-state index >= 15 is 0 Å². The Bertz CT molecular complexity index is 259. The van der Waals surface area contributed by atoms with Crippen LogP contribution in [0.1, 0.15) is 20.3 Å². The van der Waals surface area contributed by atoms with Crippen LogP contribution in [0.4, 0.5) is 0 Å². The lowest BCUT2D eigenvalue weighted by molar-refractivity contribution is -0.109. The summed E-state index contributed by atoms with van der Waals surface area (Å²) in [6.45, 7) is 8.67. The van der Waals surface area contributed by atoms with E-state index < -0.39 is 0 Å². The average Bonchev–Trinajstić information content (AvgIpc) is 2.27. The van der Waals surface area contributed by atoms with Gasteiger partial charge in [0.2, 0.25) is 6.41 Å². The molecule has 0 heterocycles. The molecule has 0 aromatic rings. The lowest BCUT2D eigenvalue weighted by atomic mass is 10.1. The summed E-state index contributed by atoms with van der Waals surface area (Å²) in [5, 5.41) is 2.69. The number of thioether (sulfide) groups is 1. The molecule has 90 valence electrons. The molecule has 0 saturated heterocycles. The van der Waals surface area contributed by atoms with Gasteiger partial charge in [-0.2, -0.15) is 0 Å². The van der Waals surface area contributed by atoms with Crippen LogP contribution in [0.2, 0.25) is 0 Å². The summed E-state index contributed by atoms with van der Waals surface area (Å²) in [7, 11) is 0. The Labute approximate surface area is 103 Å². The van der Waals surface area contributed by atoms with Crippen molar-refractivity contribution in [1.29, 1.82) is 0 Å². The lowest BCUT2D eigenvalue weighted by Crippen LogP contribution is -2.18. The summed E-state index contributed by atoms with van der Waals surface area (Å²) in [5.41, 5.74) is 0. The Balaban J connectivity index is 3.99. The maximum absolute atomic E-state index is 10.1. The van der Waals surface area contributed by atoms with Gasteiger partial charge in [-0.05, 0) is 24.2 Å². The molecule has 1 amide bonds. The number of hydrogen-bond acceptors (Lipinski definition) is 2. The first-order chi connectivity index (χ1) is 7.74. The van der Waals surface area contributed by atoms with Crippen molar-refractivity contribution in [2.24, 2.45) is 5.92 Å². The monoisotopic (exact) mass is 239 g/mol. The van der Waals surface area contributed by atoms with Gasteiger partial charge in [0.05, 0.1) is 0 Å². The molecule has 0 radical (unpaired) electrons. The van der Waals surface area contributed by atoms with Crippen molar-refractivity contribution in [2.75, 3.05) is 12.3 Å². The third-order valence-electron chi connectivity index (χ3n) is 1.96. The van der Waals surface area contributed by atoms with E-state index in [1.54, 1.807) is 17.8 Å². The quantitative estimate of drug-likeness (QED) is 0.495. The highest BCUT2D eigenvalue weighted by molar-refractivity contribution is 8.03. The van der Waals surface area contributed by atoms with Crippen molar-refractivity contribution < 1.29 is 4.79 Å². The number of allylic oxidation sites excluding steroid dienone is 4. The molecule has 2 nitrogen and oxygen atoms in total. The van der Waals surface area contributed by atoms with Crippen LogP contribution >= 0.6 is 11.8 Å². The van der Waals surface area contributed by atoms with Crippen molar-refractivity contribution in [1.82, 2.24) is 5.32 Å². The van der Waals surface area contributed by atoms with Gasteiger partial charge in [0.1, 0.15) is 0 Å². The highest BCUT2D eigenvalue weighted by Gasteiger charge is 1.97. The Morgan fingerprint density at radius 3 is 2.88 bits per heavy atom. The van der Waals surface area contributed by atoms with Gasteiger partial charge in [-0.3, -0.25) is 4.79 Å². The number of nitrogens with one attached hydrogen (secondary N) is 1. The van der Waals surface area contributed by atoms with Gasteiger partial charge in [-0.1, -0.05) is 38.7 Å². The van der Waals surface area contributed by atoms with E-state index in [4.69, 9.17) is 0 Å². The first-order valence-corrected chi connectivity index (χ1v) is 6.52. The maximum Gasteiger partial charge on any atom is 0.207 e. The SMILES string of the molecule is C=C/C=C(\C=C/CC(C)CNC=O)SCC. The van der Waals surface area contributed by atoms with Gasteiger partial charge in [0.15, 0.2) is 0 Å². The standard InChI is InChI=1S/C13H21NOS/c1-4-7-13(16-5-2)9-6-8-12(3)10-14-11-15/h4,6-7,9,11-12H,1,5,8,10H2,2-3H3,(H,14,15)/b9-6-,13-7+. The Morgan fingerprint density at radius 1 is 1.56 bits per heavy atom. The zero-order valence-corrected chi connectivity index (χ0v) is 10.9. The minimum Gasteiger partial charge on any atom is -0.358 e. The first-order valence-electron chi connectivity index (χ1n) is 5.53. The summed E-state index contributed by atoms with van der Waals surface area (Å²) in [6, 6.07) is 0. The van der Waals surface area contributed by atoms with Crippen molar-refractivity contribution in [3.05, 3.63) is 35.8 Å². The second-order valence-electron chi connectivity index (χ2n) is 3.51. The molecule has 3 heteroatoms. The predicted octanol–water partition coefficient (Wildman–Crippen LogP) is 3.14. The van der Waals surface area contributed by atoms with Gasteiger partial charge < -0.3 is 5.32 Å². The van der Waals surface area contributed by atoms with Crippen LogP contribution < -0.4 is 5.32 Å². The van der Waals surface area contributed by atoms with E-state index in [9.17, 15) is 4.79 Å². The van der Waals surface area contributed by atoms with Crippen LogP contribution in [0.15, 0.2) is 35.8 Å². The molecule has 0 rings (SSSR count). The maximum atomic E-state index is 10.1. The smallest absolute Gasteiger partial charge is 0.207 e. The first kappa shape index (κ1) is 15.0. The van der Waals surface area contributed by atoms with Crippen LogP contribution in [0.25, 0.3) is 0 Å². The second kappa shape index (κ2) is 10.6. The molecule has 0 aromatic carbocycles. The Morgan fingerprint density at radius 2 is 2.31 bits per heavy atom. The van der Waals surface area contributed by atoms with Crippen LogP contribution in [-0.4, -0.2) is 18.7 Å². The van der Waals surface area contributed by atoms with Gasteiger partial charge >= 0.3 is 0 Å². The number of amides is 1. The fourth-order valence-electron chi connectivity index (χ4n) is 1.18. The molecular weight excluding hydrogens is 218 g/mol. The topological polar surface area (TPSA) is 29.1 Å². The van der Waals surface area contributed by atoms with Gasteiger partial charge in [-0.25, -0.2) is 0 Å². The number of carbonyl (C=O) groups is 1. The minimum atomic E-state index is 0.470. The van der Waals surface area contributed by atoms with Crippen molar-refractivity contribution in [3.8, 4) is 0 Å². The summed E-state index contributed by atoms with van der Waals surface area (Å²) in [5.74, 6) is 1.53. The molecule has 0 spiro atoms. The summed E-state index contributed by atoms with van der Waals surface area (Å²) in [6.07, 6.45) is 9.80. The summed E-state index contributed by atoms with van der Waals surface area (Å²) < 4.78 is 0. The molecule has 0 aromatic heterocycles.